The zero-order chi connectivity index (χ0) is 21.1. The third-order valence-corrected chi connectivity index (χ3v) is 6.93. The Labute approximate surface area is 167 Å². The molecule has 0 saturated carbocycles. The van der Waals surface area contributed by atoms with Crippen molar-refractivity contribution in [2.24, 2.45) is 0 Å². The number of ether oxygens (including phenoxy) is 1. The Morgan fingerprint density at radius 2 is 1.68 bits per heavy atom. The van der Waals surface area contributed by atoms with Gasteiger partial charge in [0.1, 0.15) is 5.75 Å². The number of carbonyl (C=O) groups excluding carboxylic acids is 1. The summed E-state index contributed by atoms with van der Waals surface area (Å²) in [5.74, 6) is 0.302. The van der Waals surface area contributed by atoms with Gasteiger partial charge in [0.05, 0.1) is 12.0 Å². The molecule has 2 aromatic rings. The number of hydrogen-bond donors (Lipinski definition) is 1. The van der Waals surface area contributed by atoms with E-state index in [-0.39, 0.29) is 10.8 Å². The van der Waals surface area contributed by atoms with E-state index in [1.165, 1.54) is 10.4 Å². The van der Waals surface area contributed by atoms with Crippen LogP contribution in [-0.4, -0.2) is 38.8 Å². The summed E-state index contributed by atoms with van der Waals surface area (Å²) in [4.78, 5) is 12.9. The molecule has 0 unspecified atom stereocenters. The molecule has 2 rings (SSSR count). The van der Waals surface area contributed by atoms with Crippen molar-refractivity contribution in [3.63, 3.8) is 0 Å². The summed E-state index contributed by atoms with van der Waals surface area (Å²) in [5, 5.41) is 2.85. The number of benzene rings is 2. The molecule has 0 saturated heterocycles. The number of methoxy groups -OCH3 is 1. The molecule has 0 aromatic heterocycles. The Bertz CT molecular complexity index is 980. The van der Waals surface area contributed by atoms with E-state index in [0.29, 0.717) is 30.1 Å². The average Bonchev–Trinajstić information content (AvgIpc) is 2.66. The number of anilines is 1. The Morgan fingerprint density at radius 3 is 2.25 bits per heavy atom. The van der Waals surface area contributed by atoms with Gasteiger partial charge in [0.15, 0.2) is 0 Å². The lowest BCUT2D eigenvalue weighted by Gasteiger charge is -2.20. The molecule has 0 aliphatic heterocycles. The van der Waals surface area contributed by atoms with E-state index in [1.807, 2.05) is 26.8 Å². The predicted octanol–water partition coefficient (Wildman–Crippen LogP) is 3.90. The molecule has 0 aliphatic carbocycles. The molecule has 0 radical (unpaired) electrons. The van der Waals surface area contributed by atoms with Gasteiger partial charge in [-0.15, -0.1) is 0 Å². The maximum Gasteiger partial charge on any atom is 0.255 e. The van der Waals surface area contributed by atoms with Gasteiger partial charge in [0.2, 0.25) is 10.0 Å². The molecule has 6 nitrogen and oxygen atoms in total. The maximum absolute atomic E-state index is 12.9. The minimum Gasteiger partial charge on any atom is -0.496 e. The molecule has 152 valence electrons. The van der Waals surface area contributed by atoms with Crippen LogP contribution in [0.3, 0.4) is 0 Å². The molecule has 2 aromatic carbocycles. The van der Waals surface area contributed by atoms with Crippen molar-refractivity contribution in [2.75, 3.05) is 25.5 Å². The van der Waals surface area contributed by atoms with Gasteiger partial charge >= 0.3 is 0 Å². The minimum atomic E-state index is -3.62. The fourth-order valence-electron chi connectivity index (χ4n) is 2.97. The molecule has 28 heavy (non-hydrogen) atoms. The van der Waals surface area contributed by atoms with E-state index >= 15 is 0 Å². The monoisotopic (exact) mass is 404 g/mol. The zero-order valence-corrected chi connectivity index (χ0v) is 18.1. The highest BCUT2D eigenvalue weighted by atomic mass is 32.2. The minimum absolute atomic E-state index is 0.177. The van der Waals surface area contributed by atoms with Crippen LogP contribution in [0.5, 0.6) is 5.75 Å². The van der Waals surface area contributed by atoms with E-state index in [1.54, 1.807) is 39.2 Å². The van der Waals surface area contributed by atoms with Gasteiger partial charge in [-0.3, -0.25) is 4.79 Å². The van der Waals surface area contributed by atoms with Gasteiger partial charge in [-0.05, 0) is 61.7 Å². The van der Waals surface area contributed by atoms with Crippen LogP contribution < -0.4 is 10.1 Å². The molecule has 1 N–H and O–H groups in total. The van der Waals surface area contributed by atoms with Crippen LogP contribution in [0, 0.1) is 20.8 Å². The van der Waals surface area contributed by atoms with Crippen LogP contribution >= 0.6 is 0 Å². The first-order valence-electron chi connectivity index (χ1n) is 9.23. The van der Waals surface area contributed by atoms with Gasteiger partial charge in [-0.1, -0.05) is 19.9 Å². The van der Waals surface area contributed by atoms with E-state index in [0.717, 1.165) is 16.7 Å². The number of amides is 1. The smallest absolute Gasteiger partial charge is 0.255 e. The van der Waals surface area contributed by atoms with Gasteiger partial charge in [-0.25, -0.2) is 8.42 Å². The van der Waals surface area contributed by atoms with Crippen molar-refractivity contribution < 1.29 is 17.9 Å². The summed E-state index contributed by atoms with van der Waals surface area (Å²) < 4.78 is 32.4. The predicted molar refractivity (Wildman–Crippen MR) is 112 cm³/mol. The highest BCUT2D eigenvalue weighted by molar-refractivity contribution is 7.89. The number of nitrogens with zero attached hydrogens (tertiary/aromatic N) is 1. The average molecular weight is 405 g/mol. The highest BCUT2D eigenvalue weighted by Crippen LogP contribution is 2.27. The Kier molecular flexibility index (Phi) is 6.85. The number of rotatable bonds is 7. The number of carbonyl (C=O) groups is 1. The van der Waals surface area contributed by atoms with Gasteiger partial charge in [-0.2, -0.15) is 4.31 Å². The van der Waals surface area contributed by atoms with Crippen molar-refractivity contribution in [1.29, 1.82) is 0 Å². The van der Waals surface area contributed by atoms with Crippen molar-refractivity contribution in [1.82, 2.24) is 4.31 Å². The van der Waals surface area contributed by atoms with E-state index < -0.39 is 10.0 Å². The van der Waals surface area contributed by atoms with Gasteiger partial charge in [0.25, 0.3) is 5.91 Å². The van der Waals surface area contributed by atoms with E-state index in [2.05, 4.69) is 5.32 Å². The Hall–Kier alpha value is -2.38. The summed E-state index contributed by atoms with van der Waals surface area (Å²) in [6, 6.07) is 8.37. The number of sulfonamides is 1. The second kappa shape index (κ2) is 8.75. The lowest BCUT2D eigenvalue weighted by atomic mass is 10.1. The third kappa shape index (κ3) is 4.36. The molecule has 1 amide bonds. The lowest BCUT2D eigenvalue weighted by molar-refractivity contribution is 0.102. The van der Waals surface area contributed by atoms with Crippen LogP contribution in [0.2, 0.25) is 0 Å². The first-order chi connectivity index (χ1) is 13.1. The number of nitrogens with one attached hydrogen (secondary N) is 1. The standard InChI is InChI=1S/C21H28N2O4S/c1-7-23(8-2)28(25,26)18-11-15(4)16(5)19(13-18)22-21(24)17-10-9-14(3)20(12-17)27-6/h9-13H,7-8H2,1-6H3,(H,22,24). The summed E-state index contributed by atoms with van der Waals surface area (Å²) in [7, 11) is -2.06. The number of aryl methyl sites for hydroxylation is 2. The normalized spacial score (nSPS) is 11.5. The van der Waals surface area contributed by atoms with Crippen molar-refractivity contribution in [3.05, 3.63) is 52.6 Å². The molecule has 0 fully saturated rings. The largest absolute Gasteiger partial charge is 0.496 e. The quantitative estimate of drug-likeness (QED) is 0.759. The molecular weight excluding hydrogens is 376 g/mol. The topological polar surface area (TPSA) is 75.7 Å². The fourth-order valence-corrected chi connectivity index (χ4v) is 4.54. The molecule has 0 atom stereocenters. The third-order valence-electron chi connectivity index (χ3n) is 4.90. The fraction of sp³-hybridized carbons (Fsp3) is 0.381. The molecule has 0 heterocycles. The SMILES string of the molecule is CCN(CC)S(=O)(=O)c1cc(C)c(C)c(NC(=O)c2ccc(C)c(OC)c2)c1. The van der Waals surface area contributed by atoms with Crippen LogP contribution in [-0.2, 0) is 10.0 Å². The molecular formula is C21H28N2O4S. The zero-order valence-electron chi connectivity index (χ0n) is 17.3. The Balaban J connectivity index is 2.44. The first kappa shape index (κ1) is 21.9. The van der Waals surface area contributed by atoms with Crippen LogP contribution in [0.1, 0.15) is 40.9 Å². The van der Waals surface area contributed by atoms with Crippen LogP contribution in [0.4, 0.5) is 5.69 Å². The summed E-state index contributed by atoms with van der Waals surface area (Å²) >= 11 is 0. The van der Waals surface area contributed by atoms with Crippen molar-refractivity contribution >= 4 is 21.6 Å². The maximum atomic E-state index is 12.9. The molecule has 7 heteroatoms. The van der Waals surface area contributed by atoms with E-state index in [4.69, 9.17) is 4.74 Å². The van der Waals surface area contributed by atoms with Crippen molar-refractivity contribution in [3.8, 4) is 5.75 Å². The highest BCUT2D eigenvalue weighted by Gasteiger charge is 2.23. The summed E-state index contributed by atoms with van der Waals surface area (Å²) in [6.45, 7) is 9.96. The molecule has 0 aliphatic rings. The van der Waals surface area contributed by atoms with Crippen LogP contribution in [0.25, 0.3) is 0 Å². The molecule has 0 spiro atoms. The summed E-state index contributed by atoms with van der Waals surface area (Å²) in [6.07, 6.45) is 0. The van der Waals surface area contributed by atoms with Gasteiger partial charge < -0.3 is 10.1 Å². The lowest BCUT2D eigenvalue weighted by Crippen LogP contribution is -2.30. The molecule has 0 bridgehead atoms. The van der Waals surface area contributed by atoms with E-state index in [9.17, 15) is 13.2 Å². The Morgan fingerprint density at radius 1 is 1.04 bits per heavy atom. The number of hydrogen-bond acceptors (Lipinski definition) is 4. The summed E-state index contributed by atoms with van der Waals surface area (Å²) in [5.41, 5.74) is 3.47. The second-order valence-corrected chi connectivity index (χ2v) is 8.58. The first-order valence-corrected chi connectivity index (χ1v) is 10.7. The second-order valence-electron chi connectivity index (χ2n) is 6.64. The van der Waals surface area contributed by atoms with Crippen molar-refractivity contribution in [2.45, 2.75) is 39.5 Å². The van der Waals surface area contributed by atoms with Gasteiger partial charge in [0, 0.05) is 24.3 Å². The van der Waals surface area contributed by atoms with Crippen LogP contribution in [0.15, 0.2) is 35.2 Å².